The third-order valence-electron chi connectivity index (χ3n) is 3.31. The zero-order valence-corrected chi connectivity index (χ0v) is 11.1. The summed E-state index contributed by atoms with van der Waals surface area (Å²) in [5.41, 5.74) is 1.03. The first kappa shape index (κ1) is 12.9. The molecule has 0 bridgehead atoms. The van der Waals surface area contributed by atoms with E-state index in [2.05, 4.69) is 22.2 Å². The van der Waals surface area contributed by atoms with Gasteiger partial charge in [-0.1, -0.05) is 6.92 Å². The lowest BCUT2D eigenvalue weighted by molar-refractivity contribution is 0.142. The maximum absolute atomic E-state index is 11.9. The van der Waals surface area contributed by atoms with Crippen molar-refractivity contribution in [2.75, 3.05) is 32.7 Å². The number of carbonyl (C=O) groups excluding carboxylic acids is 1. The average Bonchev–Trinajstić information content (AvgIpc) is 2.82. The summed E-state index contributed by atoms with van der Waals surface area (Å²) in [6.07, 6.45) is 3.69. The fourth-order valence-electron chi connectivity index (χ4n) is 2.12. The fraction of sp³-hybridized carbons (Fsp3) is 0.667. The van der Waals surface area contributed by atoms with E-state index in [4.69, 9.17) is 0 Å². The molecule has 18 heavy (non-hydrogen) atoms. The molecular weight excluding hydrogens is 230 g/mol. The molecule has 1 aromatic rings. The number of rotatable bonds is 3. The van der Waals surface area contributed by atoms with Crippen molar-refractivity contribution < 1.29 is 4.79 Å². The van der Waals surface area contributed by atoms with Gasteiger partial charge in [0.1, 0.15) is 0 Å². The van der Waals surface area contributed by atoms with E-state index >= 15 is 0 Å². The van der Waals surface area contributed by atoms with E-state index in [1.807, 2.05) is 18.1 Å². The van der Waals surface area contributed by atoms with Crippen LogP contribution >= 0.6 is 0 Å². The first-order valence-corrected chi connectivity index (χ1v) is 6.41. The first-order valence-electron chi connectivity index (χ1n) is 6.41. The number of nitrogens with one attached hydrogen (secondary N) is 1. The topological polar surface area (TPSA) is 53.4 Å². The van der Waals surface area contributed by atoms with Gasteiger partial charge in [0, 0.05) is 51.5 Å². The summed E-state index contributed by atoms with van der Waals surface area (Å²) in [6.45, 7) is 7.32. The zero-order valence-electron chi connectivity index (χ0n) is 11.1. The minimum atomic E-state index is 0.0228. The van der Waals surface area contributed by atoms with E-state index in [0.717, 1.165) is 38.3 Å². The standard InChI is InChI=1S/C12H21N5O/c1-3-16-4-6-17(7-5-16)12(18)13-8-11-9-14-15(2)10-11/h9-10H,3-8H2,1-2H3,(H,13,18). The Bertz CT molecular complexity index is 395. The Morgan fingerprint density at radius 3 is 2.67 bits per heavy atom. The van der Waals surface area contributed by atoms with Crippen LogP contribution in [0.25, 0.3) is 0 Å². The van der Waals surface area contributed by atoms with Gasteiger partial charge in [0.05, 0.1) is 6.20 Å². The molecule has 1 saturated heterocycles. The monoisotopic (exact) mass is 251 g/mol. The number of nitrogens with zero attached hydrogens (tertiary/aromatic N) is 4. The average molecular weight is 251 g/mol. The van der Waals surface area contributed by atoms with E-state index in [9.17, 15) is 4.79 Å². The SMILES string of the molecule is CCN1CCN(C(=O)NCc2cnn(C)c2)CC1. The molecule has 1 N–H and O–H groups in total. The molecule has 6 heteroatoms. The lowest BCUT2D eigenvalue weighted by Crippen LogP contribution is -2.51. The molecule has 2 heterocycles. The van der Waals surface area contributed by atoms with Crippen LogP contribution < -0.4 is 5.32 Å². The number of aromatic nitrogens is 2. The third-order valence-corrected chi connectivity index (χ3v) is 3.31. The van der Waals surface area contributed by atoms with Gasteiger partial charge < -0.3 is 15.1 Å². The molecule has 1 aliphatic rings. The number of carbonyl (C=O) groups is 1. The van der Waals surface area contributed by atoms with Crippen molar-refractivity contribution >= 4 is 6.03 Å². The minimum absolute atomic E-state index is 0.0228. The number of urea groups is 1. The van der Waals surface area contributed by atoms with Gasteiger partial charge in [-0.05, 0) is 6.54 Å². The van der Waals surface area contributed by atoms with Crippen LogP contribution in [-0.2, 0) is 13.6 Å². The highest BCUT2D eigenvalue weighted by Crippen LogP contribution is 2.02. The van der Waals surface area contributed by atoms with Crippen LogP contribution in [0.3, 0.4) is 0 Å². The van der Waals surface area contributed by atoms with E-state index in [1.165, 1.54) is 0 Å². The largest absolute Gasteiger partial charge is 0.334 e. The van der Waals surface area contributed by atoms with Crippen LogP contribution in [-0.4, -0.2) is 58.3 Å². The molecule has 1 aliphatic heterocycles. The van der Waals surface area contributed by atoms with Crippen molar-refractivity contribution in [3.63, 3.8) is 0 Å². The first-order chi connectivity index (χ1) is 8.69. The highest BCUT2D eigenvalue weighted by atomic mass is 16.2. The molecular formula is C12H21N5O. The van der Waals surface area contributed by atoms with Crippen molar-refractivity contribution in [1.29, 1.82) is 0 Å². The maximum Gasteiger partial charge on any atom is 0.317 e. The van der Waals surface area contributed by atoms with Gasteiger partial charge in [-0.2, -0.15) is 5.10 Å². The second kappa shape index (κ2) is 5.86. The number of hydrogen-bond donors (Lipinski definition) is 1. The predicted octanol–water partition coefficient (Wildman–Crippen LogP) is 0.267. The van der Waals surface area contributed by atoms with Gasteiger partial charge in [-0.15, -0.1) is 0 Å². The van der Waals surface area contributed by atoms with Crippen LogP contribution in [0.15, 0.2) is 12.4 Å². The summed E-state index contributed by atoms with van der Waals surface area (Å²) in [7, 11) is 1.87. The second-order valence-electron chi connectivity index (χ2n) is 4.60. The van der Waals surface area contributed by atoms with Crippen molar-refractivity contribution in [2.24, 2.45) is 7.05 Å². The lowest BCUT2D eigenvalue weighted by Gasteiger charge is -2.33. The second-order valence-corrected chi connectivity index (χ2v) is 4.60. The van der Waals surface area contributed by atoms with Crippen LogP contribution in [0, 0.1) is 0 Å². The summed E-state index contributed by atoms with van der Waals surface area (Å²) >= 11 is 0. The fourth-order valence-corrected chi connectivity index (χ4v) is 2.12. The van der Waals surface area contributed by atoms with Gasteiger partial charge in [-0.25, -0.2) is 4.79 Å². The summed E-state index contributed by atoms with van der Waals surface area (Å²) < 4.78 is 1.74. The molecule has 0 aromatic carbocycles. The van der Waals surface area contributed by atoms with Gasteiger partial charge in [0.2, 0.25) is 0 Å². The van der Waals surface area contributed by atoms with Gasteiger partial charge in [0.15, 0.2) is 0 Å². The van der Waals surface area contributed by atoms with Crippen molar-refractivity contribution in [2.45, 2.75) is 13.5 Å². The Kier molecular flexibility index (Phi) is 4.19. The van der Waals surface area contributed by atoms with E-state index in [1.54, 1.807) is 10.9 Å². The van der Waals surface area contributed by atoms with E-state index in [-0.39, 0.29) is 6.03 Å². The van der Waals surface area contributed by atoms with Gasteiger partial charge >= 0.3 is 6.03 Å². The normalized spacial score (nSPS) is 16.9. The molecule has 0 spiro atoms. The highest BCUT2D eigenvalue weighted by Gasteiger charge is 2.19. The number of aryl methyl sites for hydroxylation is 1. The number of amides is 2. The quantitative estimate of drug-likeness (QED) is 0.839. The van der Waals surface area contributed by atoms with Gasteiger partial charge in [0.25, 0.3) is 0 Å². The molecule has 2 rings (SSSR count). The molecule has 0 radical (unpaired) electrons. The van der Waals surface area contributed by atoms with Crippen LogP contribution in [0.4, 0.5) is 4.79 Å². The zero-order chi connectivity index (χ0) is 13.0. The molecule has 0 saturated carbocycles. The summed E-state index contributed by atoms with van der Waals surface area (Å²) in [5, 5.41) is 7.00. The Balaban J connectivity index is 1.75. The molecule has 1 fully saturated rings. The highest BCUT2D eigenvalue weighted by molar-refractivity contribution is 5.74. The molecule has 0 atom stereocenters. The van der Waals surface area contributed by atoms with E-state index < -0.39 is 0 Å². The third kappa shape index (κ3) is 3.22. The summed E-state index contributed by atoms with van der Waals surface area (Å²) in [6, 6.07) is 0.0228. The molecule has 100 valence electrons. The predicted molar refractivity (Wildman–Crippen MR) is 69.1 cm³/mol. The van der Waals surface area contributed by atoms with Crippen molar-refractivity contribution in [3.05, 3.63) is 18.0 Å². The van der Waals surface area contributed by atoms with Crippen LogP contribution in [0.2, 0.25) is 0 Å². The van der Waals surface area contributed by atoms with Crippen molar-refractivity contribution in [1.82, 2.24) is 24.9 Å². The Morgan fingerprint density at radius 2 is 2.11 bits per heavy atom. The minimum Gasteiger partial charge on any atom is -0.334 e. The number of piperazine rings is 1. The Hall–Kier alpha value is -1.56. The van der Waals surface area contributed by atoms with Crippen molar-refractivity contribution in [3.8, 4) is 0 Å². The smallest absolute Gasteiger partial charge is 0.317 e. The molecule has 0 aliphatic carbocycles. The molecule has 1 aromatic heterocycles. The Labute approximate surface area is 108 Å². The maximum atomic E-state index is 11.9. The molecule has 6 nitrogen and oxygen atoms in total. The van der Waals surface area contributed by atoms with Crippen LogP contribution in [0.1, 0.15) is 12.5 Å². The molecule has 0 unspecified atom stereocenters. The lowest BCUT2D eigenvalue weighted by atomic mass is 10.3. The van der Waals surface area contributed by atoms with Crippen LogP contribution in [0.5, 0.6) is 0 Å². The van der Waals surface area contributed by atoms with E-state index in [0.29, 0.717) is 6.54 Å². The number of likely N-dealkylation sites (N-methyl/N-ethyl adjacent to an activating group) is 1. The number of hydrogen-bond acceptors (Lipinski definition) is 3. The van der Waals surface area contributed by atoms with Gasteiger partial charge in [-0.3, -0.25) is 4.68 Å². The summed E-state index contributed by atoms with van der Waals surface area (Å²) in [4.78, 5) is 16.2. The Morgan fingerprint density at radius 1 is 1.39 bits per heavy atom. The summed E-state index contributed by atoms with van der Waals surface area (Å²) in [5.74, 6) is 0. The molecule has 2 amide bonds.